The first kappa shape index (κ1) is 9.86. The summed E-state index contributed by atoms with van der Waals surface area (Å²) in [6, 6.07) is 5.95. The van der Waals surface area contributed by atoms with Gasteiger partial charge in [0.05, 0.1) is 0 Å². The highest BCUT2D eigenvalue weighted by Crippen LogP contribution is 2.12. The van der Waals surface area contributed by atoms with Crippen molar-refractivity contribution in [3.8, 4) is 0 Å². The Morgan fingerprint density at radius 2 is 2.13 bits per heavy atom. The molecule has 2 aromatic rings. The average Bonchev–Trinajstić information content (AvgIpc) is 2.20. The Morgan fingerprint density at radius 1 is 1.33 bits per heavy atom. The molecule has 1 aromatic carbocycles. The monoisotopic (exact) mass is 206 g/mol. The van der Waals surface area contributed by atoms with Crippen molar-refractivity contribution in [2.24, 2.45) is 5.73 Å². The second-order valence-corrected chi connectivity index (χ2v) is 3.39. The molecule has 0 fully saturated rings. The first-order chi connectivity index (χ1) is 7.20. The van der Waals surface area contributed by atoms with E-state index in [0.717, 1.165) is 0 Å². The summed E-state index contributed by atoms with van der Waals surface area (Å²) < 4.78 is 12.9. The van der Waals surface area contributed by atoms with Crippen molar-refractivity contribution in [1.82, 2.24) is 4.98 Å². The van der Waals surface area contributed by atoms with E-state index in [0.29, 0.717) is 29.4 Å². The third-order valence-corrected chi connectivity index (χ3v) is 2.30. The first-order valence-corrected chi connectivity index (χ1v) is 4.72. The molecular formula is C11H11FN2O. The van der Waals surface area contributed by atoms with E-state index in [1.807, 2.05) is 0 Å². The standard InChI is InChI=1S/C11H11FN2O/c12-9-1-2-10-8(6-9)5-7(3-4-13)11(15)14-10/h1-2,5-6H,3-4,13H2,(H,14,15). The van der Waals surface area contributed by atoms with Gasteiger partial charge < -0.3 is 10.7 Å². The minimum atomic E-state index is -0.312. The molecule has 0 spiro atoms. The molecule has 4 heteroatoms. The van der Waals surface area contributed by atoms with Crippen LogP contribution in [0.2, 0.25) is 0 Å². The van der Waals surface area contributed by atoms with Crippen LogP contribution < -0.4 is 11.3 Å². The Morgan fingerprint density at radius 3 is 2.87 bits per heavy atom. The van der Waals surface area contributed by atoms with Gasteiger partial charge in [0.15, 0.2) is 0 Å². The van der Waals surface area contributed by atoms with Gasteiger partial charge in [-0.3, -0.25) is 4.79 Å². The van der Waals surface area contributed by atoms with Crippen LogP contribution >= 0.6 is 0 Å². The van der Waals surface area contributed by atoms with E-state index in [1.54, 1.807) is 12.1 Å². The van der Waals surface area contributed by atoms with Crippen molar-refractivity contribution in [1.29, 1.82) is 0 Å². The number of aromatic amines is 1. The second kappa shape index (κ2) is 3.82. The Hall–Kier alpha value is -1.68. The number of pyridine rings is 1. The van der Waals surface area contributed by atoms with Crippen molar-refractivity contribution in [3.05, 3.63) is 46.0 Å². The molecule has 0 saturated carbocycles. The summed E-state index contributed by atoms with van der Waals surface area (Å²) >= 11 is 0. The molecule has 0 aliphatic heterocycles. The third kappa shape index (κ3) is 1.89. The Balaban J connectivity index is 2.66. The fourth-order valence-electron chi connectivity index (χ4n) is 1.56. The summed E-state index contributed by atoms with van der Waals surface area (Å²) in [7, 11) is 0. The third-order valence-electron chi connectivity index (χ3n) is 2.30. The minimum Gasteiger partial charge on any atom is -0.330 e. The number of hydrogen-bond donors (Lipinski definition) is 2. The number of halogens is 1. The van der Waals surface area contributed by atoms with Crippen molar-refractivity contribution < 1.29 is 4.39 Å². The van der Waals surface area contributed by atoms with Gasteiger partial charge in [-0.1, -0.05) is 0 Å². The molecule has 0 unspecified atom stereocenters. The van der Waals surface area contributed by atoms with E-state index in [2.05, 4.69) is 4.98 Å². The molecule has 0 amide bonds. The lowest BCUT2D eigenvalue weighted by atomic mass is 10.1. The molecule has 1 heterocycles. The largest absolute Gasteiger partial charge is 0.330 e. The zero-order valence-electron chi connectivity index (χ0n) is 8.09. The van der Waals surface area contributed by atoms with Crippen LogP contribution in [0.1, 0.15) is 5.56 Å². The number of benzene rings is 1. The smallest absolute Gasteiger partial charge is 0.251 e. The highest BCUT2D eigenvalue weighted by Gasteiger charge is 2.02. The quantitative estimate of drug-likeness (QED) is 0.774. The molecule has 0 aliphatic rings. The molecule has 0 atom stereocenters. The van der Waals surface area contributed by atoms with Gasteiger partial charge in [-0.15, -0.1) is 0 Å². The molecule has 0 radical (unpaired) electrons. The minimum absolute atomic E-state index is 0.153. The maximum Gasteiger partial charge on any atom is 0.251 e. The van der Waals surface area contributed by atoms with E-state index < -0.39 is 0 Å². The molecule has 0 saturated heterocycles. The maximum absolute atomic E-state index is 12.9. The highest BCUT2D eigenvalue weighted by atomic mass is 19.1. The van der Waals surface area contributed by atoms with E-state index in [4.69, 9.17) is 5.73 Å². The fraction of sp³-hybridized carbons (Fsp3) is 0.182. The van der Waals surface area contributed by atoms with Gasteiger partial charge in [0.2, 0.25) is 0 Å². The van der Waals surface area contributed by atoms with Crippen LogP contribution in [-0.4, -0.2) is 11.5 Å². The van der Waals surface area contributed by atoms with Crippen LogP contribution in [0.3, 0.4) is 0 Å². The van der Waals surface area contributed by atoms with Gasteiger partial charge in [-0.05, 0) is 37.2 Å². The molecule has 0 aliphatic carbocycles. The first-order valence-electron chi connectivity index (χ1n) is 4.72. The zero-order valence-corrected chi connectivity index (χ0v) is 8.09. The van der Waals surface area contributed by atoms with Crippen LogP contribution in [0.25, 0.3) is 10.9 Å². The summed E-state index contributed by atoms with van der Waals surface area (Å²) in [5.74, 6) is -0.312. The molecule has 78 valence electrons. The number of hydrogen-bond acceptors (Lipinski definition) is 2. The molecule has 2 rings (SSSR count). The number of nitrogens with one attached hydrogen (secondary N) is 1. The van der Waals surface area contributed by atoms with Crippen LogP contribution in [0, 0.1) is 5.82 Å². The van der Waals surface area contributed by atoms with Gasteiger partial charge >= 0.3 is 0 Å². The molecule has 3 nitrogen and oxygen atoms in total. The topological polar surface area (TPSA) is 58.9 Å². The summed E-state index contributed by atoms with van der Waals surface area (Å²) in [5, 5.41) is 0.693. The number of H-pyrrole nitrogens is 1. The Labute approximate surface area is 85.7 Å². The van der Waals surface area contributed by atoms with E-state index in [9.17, 15) is 9.18 Å². The van der Waals surface area contributed by atoms with Crippen molar-refractivity contribution in [2.75, 3.05) is 6.54 Å². The van der Waals surface area contributed by atoms with E-state index in [-0.39, 0.29) is 11.4 Å². The normalized spacial score (nSPS) is 10.8. The lowest BCUT2D eigenvalue weighted by Crippen LogP contribution is -2.16. The predicted molar refractivity (Wildman–Crippen MR) is 57.3 cm³/mol. The summed E-state index contributed by atoms with van der Waals surface area (Å²) in [6.07, 6.45) is 0.502. The SMILES string of the molecule is NCCc1cc2cc(F)ccc2[nH]c1=O. The number of fused-ring (bicyclic) bond motifs is 1. The van der Waals surface area contributed by atoms with Gasteiger partial charge in [0.1, 0.15) is 5.82 Å². The molecular weight excluding hydrogens is 195 g/mol. The zero-order chi connectivity index (χ0) is 10.8. The summed E-state index contributed by atoms with van der Waals surface area (Å²) in [5.41, 5.74) is 6.46. The van der Waals surface area contributed by atoms with E-state index >= 15 is 0 Å². The Bertz CT molecular complexity index is 548. The van der Waals surface area contributed by atoms with Gasteiger partial charge in [0.25, 0.3) is 5.56 Å². The van der Waals surface area contributed by atoms with Crippen molar-refractivity contribution in [2.45, 2.75) is 6.42 Å². The summed E-state index contributed by atoms with van der Waals surface area (Å²) in [4.78, 5) is 14.2. The van der Waals surface area contributed by atoms with Crippen LogP contribution in [0.4, 0.5) is 4.39 Å². The van der Waals surface area contributed by atoms with Crippen molar-refractivity contribution in [3.63, 3.8) is 0 Å². The van der Waals surface area contributed by atoms with Crippen LogP contribution in [0.5, 0.6) is 0 Å². The van der Waals surface area contributed by atoms with Gasteiger partial charge in [-0.2, -0.15) is 0 Å². The number of rotatable bonds is 2. The van der Waals surface area contributed by atoms with Crippen LogP contribution in [-0.2, 0) is 6.42 Å². The van der Waals surface area contributed by atoms with Gasteiger partial charge in [0, 0.05) is 16.5 Å². The Kier molecular flexibility index (Phi) is 2.51. The highest BCUT2D eigenvalue weighted by molar-refractivity contribution is 5.78. The number of aromatic nitrogens is 1. The molecule has 0 bridgehead atoms. The second-order valence-electron chi connectivity index (χ2n) is 3.39. The predicted octanol–water partition coefficient (Wildman–Crippen LogP) is 1.17. The average molecular weight is 206 g/mol. The molecule has 3 N–H and O–H groups in total. The summed E-state index contributed by atoms with van der Waals surface area (Å²) in [6.45, 7) is 0.407. The maximum atomic E-state index is 12.9. The van der Waals surface area contributed by atoms with Crippen molar-refractivity contribution >= 4 is 10.9 Å². The van der Waals surface area contributed by atoms with Crippen LogP contribution in [0.15, 0.2) is 29.1 Å². The lowest BCUT2D eigenvalue weighted by Gasteiger charge is -2.01. The van der Waals surface area contributed by atoms with E-state index in [1.165, 1.54) is 12.1 Å². The lowest BCUT2D eigenvalue weighted by molar-refractivity contribution is 0.629. The molecule has 15 heavy (non-hydrogen) atoms. The fourth-order valence-corrected chi connectivity index (χ4v) is 1.56. The molecule has 1 aromatic heterocycles. The number of nitrogens with two attached hydrogens (primary N) is 1. The van der Waals surface area contributed by atoms with Gasteiger partial charge in [-0.25, -0.2) is 4.39 Å².